The number of benzene rings is 2. The first-order valence-electron chi connectivity index (χ1n) is 12.8. The molecule has 6 nitrogen and oxygen atoms in total. The number of thiophene rings is 2. The van der Waals surface area contributed by atoms with E-state index in [0.29, 0.717) is 27.5 Å². The van der Waals surface area contributed by atoms with Gasteiger partial charge >= 0.3 is 0 Å². The number of nitrogens with zero attached hydrogens (tertiary/aromatic N) is 2. The molecule has 2 amide bonds. The Balaban J connectivity index is 1.25. The van der Waals surface area contributed by atoms with E-state index >= 15 is 0 Å². The van der Waals surface area contributed by atoms with Crippen LogP contribution in [0.1, 0.15) is 44.6 Å². The third kappa shape index (κ3) is 6.60. The van der Waals surface area contributed by atoms with Gasteiger partial charge in [-0.2, -0.15) is 5.26 Å². The SMILES string of the molecule is CCC(Sc1cccc(NC(=O)c2cccs2)c1)C(=O)Nc1sc2c(c1C#N)CCN(Cc1ccccc1)C2. The molecule has 4 aromatic rings. The van der Waals surface area contributed by atoms with Gasteiger partial charge in [-0.25, -0.2) is 0 Å². The first-order valence-corrected chi connectivity index (χ1v) is 15.3. The summed E-state index contributed by atoms with van der Waals surface area (Å²) in [6, 6.07) is 23.9. The van der Waals surface area contributed by atoms with Crippen LogP contribution in [0.3, 0.4) is 0 Å². The Morgan fingerprint density at radius 3 is 2.69 bits per heavy atom. The molecule has 0 aliphatic carbocycles. The second kappa shape index (κ2) is 12.6. The lowest BCUT2D eigenvalue weighted by Crippen LogP contribution is -2.29. The fourth-order valence-electron chi connectivity index (χ4n) is 4.57. The Bertz CT molecular complexity index is 1490. The van der Waals surface area contributed by atoms with Gasteiger partial charge in [-0.3, -0.25) is 14.5 Å². The fourth-order valence-corrected chi connectivity index (χ4v) is 7.44. The molecule has 1 aliphatic heterocycles. The molecular formula is C30H28N4O2S3. The lowest BCUT2D eigenvalue weighted by atomic mass is 10.0. The topological polar surface area (TPSA) is 85.2 Å². The third-order valence-electron chi connectivity index (χ3n) is 6.51. The minimum absolute atomic E-state index is 0.119. The van der Waals surface area contributed by atoms with Crippen molar-refractivity contribution in [3.63, 3.8) is 0 Å². The van der Waals surface area contributed by atoms with Gasteiger partial charge in [-0.1, -0.05) is 49.4 Å². The minimum Gasteiger partial charge on any atom is -0.321 e. The van der Waals surface area contributed by atoms with Crippen LogP contribution < -0.4 is 10.6 Å². The fraction of sp³-hybridized carbons (Fsp3) is 0.233. The van der Waals surface area contributed by atoms with Crippen molar-refractivity contribution in [3.8, 4) is 6.07 Å². The van der Waals surface area contributed by atoms with Gasteiger partial charge in [0.05, 0.1) is 15.7 Å². The molecule has 0 radical (unpaired) electrons. The third-order valence-corrected chi connectivity index (χ3v) is 9.87. The summed E-state index contributed by atoms with van der Waals surface area (Å²) in [6.45, 7) is 4.50. The number of nitriles is 1. The largest absolute Gasteiger partial charge is 0.321 e. The van der Waals surface area contributed by atoms with Crippen molar-refractivity contribution < 1.29 is 9.59 Å². The van der Waals surface area contributed by atoms with Crippen molar-refractivity contribution in [1.29, 1.82) is 5.26 Å². The predicted octanol–water partition coefficient (Wildman–Crippen LogP) is 7.00. The molecule has 9 heteroatoms. The monoisotopic (exact) mass is 572 g/mol. The van der Waals surface area contributed by atoms with E-state index < -0.39 is 0 Å². The Morgan fingerprint density at radius 2 is 1.95 bits per heavy atom. The molecule has 2 N–H and O–H groups in total. The van der Waals surface area contributed by atoms with Gasteiger partial charge in [-0.15, -0.1) is 34.4 Å². The van der Waals surface area contributed by atoms with Crippen LogP contribution in [0.4, 0.5) is 10.7 Å². The number of carbonyl (C=O) groups excluding carboxylic acids is 2. The van der Waals surface area contributed by atoms with Crippen molar-refractivity contribution in [2.45, 2.75) is 43.0 Å². The normalized spacial score (nSPS) is 13.7. The molecular weight excluding hydrogens is 545 g/mol. The van der Waals surface area contributed by atoms with Gasteiger partial charge < -0.3 is 10.6 Å². The van der Waals surface area contributed by atoms with E-state index in [1.807, 2.05) is 48.7 Å². The van der Waals surface area contributed by atoms with Gasteiger partial charge in [0.25, 0.3) is 5.91 Å². The Hall–Kier alpha value is -3.42. The maximum absolute atomic E-state index is 13.3. The summed E-state index contributed by atoms with van der Waals surface area (Å²) in [7, 11) is 0. The highest BCUT2D eigenvalue weighted by Gasteiger charge is 2.27. The molecule has 0 saturated heterocycles. The molecule has 0 bridgehead atoms. The van der Waals surface area contributed by atoms with E-state index in [-0.39, 0.29) is 17.1 Å². The molecule has 0 spiro atoms. The van der Waals surface area contributed by atoms with Gasteiger partial charge in [0.2, 0.25) is 5.91 Å². The van der Waals surface area contributed by atoms with Crippen molar-refractivity contribution in [1.82, 2.24) is 4.90 Å². The van der Waals surface area contributed by atoms with Gasteiger partial charge in [0.15, 0.2) is 0 Å². The number of nitrogens with one attached hydrogen (secondary N) is 2. The van der Waals surface area contributed by atoms with Crippen molar-refractivity contribution in [2.75, 3.05) is 17.2 Å². The van der Waals surface area contributed by atoms with E-state index in [0.717, 1.165) is 41.4 Å². The molecule has 1 unspecified atom stereocenters. The number of fused-ring (bicyclic) bond motifs is 1. The van der Waals surface area contributed by atoms with E-state index in [2.05, 4.69) is 45.9 Å². The van der Waals surface area contributed by atoms with Crippen LogP contribution in [-0.2, 0) is 24.3 Å². The summed E-state index contributed by atoms with van der Waals surface area (Å²) >= 11 is 4.37. The first kappa shape index (κ1) is 27.2. The summed E-state index contributed by atoms with van der Waals surface area (Å²) in [5, 5.41) is 18.1. The predicted molar refractivity (Wildman–Crippen MR) is 161 cm³/mol. The summed E-state index contributed by atoms with van der Waals surface area (Å²) in [6.07, 6.45) is 1.42. The van der Waals surface area contributed by atoms with Gasteiger partial charge in [0, 0.05) is 35.1 Å². The number of carbonyl (C=O) groups is 2. The van der Waals surface area contributed by atoms with Crippen LogP contribution >= 0.6 is 34.4 Å². The molecule has 3 heterocycles. The maximum Gasteiger partial charge on any atom is 0.265 e. The summed E-state index contributed by atoms with van der Waals surface area (Å²) < 4.78 is 0. The molecule has 2 aromatic heterocycles. The Kier molecular flexibility index (Phi) is 8.79. The smallest absolute Gasteiger partial charge is 0.265 e. The second-order valence-electron chi connectivity index (χ2n) is 9.23. The molecule has 1 aliphatic rings. The maximum atomic E-state index is 13.3. The zero-order chi connectivity index (χ0) is 27.2. The van der Waals surface area contributed by atoms with Crippen LogP contribution in [0.5, 0.6) is 0 Å². The zero-order valence-corrected chi connectivity index (χ0v) is 23.9. The highest BCUT2D eigenvalue weighted by Crippen LogP contribution is 2.38. The lowest BCUT2D eigenvalue weighted by Gasteiger charge is -2.26. The van der Waals surface area contributed by atoms with Crippen LogP contribution in [0, 0.1) is 11.3 Å². The molecule has 0 fully saturated rings. The molecule has 198 valence electrons. The van der Waals surface area contributed by atoms with Crippen LogP contribution in [0.25, 0.3) is 0 Å². The van der Waals surface area contributed by atoms with E-state index in [4.69, 9.17) is 0 Å². The van der Waals surface area contributed by atoms with Crippen LogP contribution in [0.2, 0.25) is 0 Å². The number of hydrogen-bond donors (Lipinski definition) is 2. The number of hydrogen-bond acceptors (Lipinski definition) is 7. The summed E-state index contributed by atoms with van der Waals surface area (Å²) in [5.41, 5.74) is 3.62. The molecule has 0 saturated carbocycles. The van der Waals surface area contributed by atoms with Crippen molar-refractivity contribution in [2.24, 2.45) is 0 Å². The Morgan fingerprint density at radius 1 is 1.10 bits per heavy atom. The molecule has 5 rings (SSSR count). The first-order chi connectivity index (χ1) is 19.0. The summed E-state index contributed by atoms with van der Waals surface area (Å²) in [4.78, 5) is 30.8. The van der Waals surface area contributed by atoms with E-state index in [1.165, 1.54) is 40.0 Å². The quantitative estimate of drug-likeness (QED) is 0.211. The van der Waals surface area contributed by atoms with E-state index in [9.17, 15) is 14.9 Å². The van der Waals surface area contributed by atoms with Gasteiger partial charge in [-0.05, 0) is 53.6 Å². The van der Waals surface area contributed by atoms with Crippen molar-refractivity contribution in [3.05, 3.63) is 98.6 Å². The van der Waals surface area contributed by atoms with Crippen LogP contribution in [-0.4, -0.2) is 28.5 Å². The summed E-state index contributed by atoms with van der Waals surface area (Å²) in [5.74, 6) is -0.267. The second-order valence-corrected chi connectivity index (χ2v) is 12.6. The number of thioether (sulfide) groups is 1. The van der Waals surface area contributed by atoms with E-state index in [1.54, 1.807) is 6.07 Å². The van der Waals surface area contributed by atoms with Crippen LogP contribution in [0.15, 0.2) is 77.0 Å². The zero-order valence-electron chi connectivity index (χ0n) is 21.5. The molecule has 39 heavy (non-hydrogen) atoms. The lowest BCUT2D eigenvalue weighted by molar-refractivity contribution is -0.115. The highest BCUT2D eigenvalue weighted by molar-refractivity contribution is 8.00. The number of amides is 2. The standard InChI is InChI=1S/C30H28N4O2S3/c1-2-25(38-22-11-6-10-21(16-22)32-29(36)26-12-7-15-37-26)28(35)33-30-24(17-31)23-13-14-34(19-27(23)39-30)18-20-8-4-3-5-9-20/h3-12,15-16,25H,2,13-14,18-19H2,1H3,(H,32,36)(H,33,35). The highest BCUT2D eigenvalue weighted by atomic mass is 32.2. The number of rotatable bonds is 9. The number of anilines is 2. The average molecular weight is 573 g/mol. The average Bonchev–Trinajstić information content (AvgIpc) is 3.60. The van der Waals surface area contributed by atoms with Gasteiger partial charge in [0.1, 0.15) is 11.1 Å². The minimum atomic E-state index is -0.339. The van der Waals surface area contributed by atoms with Crippen molar-refractivity contribution >= 4 is 56.9 Å². The Labute approximate surface area is 240 Å². The molecule has 2 aromatic carbocycles. The molecule has 1 atom stereocenters.